The molecule has 0 unspecified atom stereocenters. The molecule has 1 saturated heterocycles. The second kappa shape index (κ2) is 5.89. The van der Waals surface area contributed by atoms with Crippen molar-refractivity contribution in [1.82, 2.24) is 5.32 Å². The van der Waals surface area contributed by atoms with Gasteiger partial charge in [-0.1, -0.05) is 42.5 Å². The molecule has 1 atom stereocenters. The van der Waals surface area contributed by atoms with Crippen molar-refractivity contribution in [3.05, 3.63) is 65.7 Å². The molecule has 1 aliphatic rings. The molecule has 1 N–H and O–H groups in total. The van der Waals surface area contributed by atoms with E-state index in [1.165, 1.54) is 24.0 Å². The Morgan fingerprint density at radius 2 is 1.79 bits per heavy atom. The maximum atomic E-state index is 5.79. The Kier molecular flexibility index (Phi) is 3.80. The summed E-state index contributed by atoms with van der Waals surface area (Å²) in [6.45, 7) is 1.76. The molecule has 0 aromatic heterocycles. The first-order valence-electron chi connectivity index (χ1n) is 6.92. The fraction of sp³-hybridized carbons (Fsp3) is 0.294. The smallest absolute Gasteiger partial charge is 0.119 e. The molecule has 0 bridgehead atoms. The van der Waals surface area contributed by atoms with Crippen molar-refractivity contribution >= 4 is 0 Å². The monoisotopic (exact) mass is 253 g/mol. The number of ether oxygens (including phenoxy) is 1. The largest absolute Gasteiger partial charge is 0.489 e. The lowest BCUT2D eigenvalue weighted by Gasteiger charge is -2.12. The van der Waals surface area contributed by atoms with E-state index in [-0.39, 0.29) is 0 Å². The van der Waals surface area contributed by atoms with Crippen LogP contribution in [0, 0.1) is 0 Å². The van der Waals surface area contributed by atoms with E-state index >= 15 is 0 Å². The highest BCUT2D eigenvalue weighted by atomic mass is 16.5. The fourth-order valence-corrected chi connectivity index (χ4v) is 2.51. The molecule has 0 spiro atoms. The maximum Gasteiger partial charge on any atom is 0.119 e. The van der Waals surface area contributed by atoms with E-state index in [4.69, 9.17) is 4.74 Å². The molecule has 3 rings (SSSR count). The van der Waals surface area contributed by atoms with Crippen LogP contribution >= 0.6 is 0 Å². The molecule has 98 valence electrons. The summed E-state index contributed by atoms with van der Waals surface area (Å²) >= 11 is 0. The zero-order valence-electron chi connectivity index (χ0n) is 11.0. The van der Waals surface area contributed by atoms with Crippen molar-refractivity contribution in [3.63, 3.8) is 0 Å². The summed E-state index contributed by atoms with van der Waals surface area (Å²) in [6.07, 6.45) is 2.52. The predicted molar refractivity (Wildman–Crippen MR) is 77.2 cm³/mol. The first kappa shape index (κ1) is 12.2. The summed E-state index contributed by atoms with van der Waals surface area (Å²) in [7, 11) is 0. The van der Waals surface area contributed by atoms with Crippen LogP contribution in [0.5, 0.6) is 5.75 Å². The number of rotatable bonds is 4. The summed E-state index contributed by atoms with van der Waals surface area (Å²) in [5, 5.41) is 3.51. The standard InChI is InChI=1S/C17H19NO/c1-2-5-14(6-3-1)13-19-16-10-8-15(9-11-16)17-7-4-12-18-17/h1-3,5-6,8-11,17-18H,4,7,12-13H2/t17-/m0/s1. The molecule has 0 radical (unpaired) electrons. The van der Waals surface area contributed by atoms with Crippen LogP contribution in [0.25, 0.3) is 0 Å². The highest BCUT2D eigenvalue weighted by Crippen LogP contribution is 2.24. The van der Waals surface area contributed by atoms with Crippen LogP contribution in [0.4, 0.5) is 0 Å². The Hall–Kier alpha value is -1.80. The van der Waals surface area contributed by atoms with E-state index in [2.05, 4.69) is 41.7 Å². The summed E-state index contributed by atoms with van der Waals surface area (Å²) in [4.78, 5) is 0. The van der Waals surface area contributed by atoms with E-state index in [0.717, 1.165) is 12.3 Å². The Labute approximate surface area is 114 Å². The summed E-state index contributed by atoms with van der Waals surface area (Å²) < 4.78 is 5.79. The van der Waals surface area contributed by atoms with Crippen molar-refractivity contribution < 1.29 is 4.74 Å². The molecular weight excluding hydrogens is 234 g/mol. The molecule has 2 heteroatoms. The molecule has 2 aromatic carbocycles. The van der Waals surface area contributed by atoms with Gasteiger partial charge >= 0.3 is 0 Å². The lowest BCUT2D eigenvalue weighted by molar-refractivity contribution is 0.306. The van der Waals surface area contributed by atoms with Gasteiger partial charge in [-0.3, -0.25) is 0 Å². The van der Waals surface area contributed by atoms with Crippen molar-refractivity contribution in [2.75, 3.05) is 6.54 Å². The zero-order valence-corrected chi connectivity index (χ0v) is 11.0. The van der Waals surface area contributed by atoms with Gasteiger partial charge in [-0.05, 0) is 42.6 Å². The van der Waals surface area contributed by atoms with Crippen molar-refractivity contribution in [2.24, 2.45) is 0 Å². The first-order chi connectivity index (χ1) is 9.42. The van der Waals surface area contributed by atoms with Gasteiger partial charge in [0, 0.05) is 6.04 Å². The number of benzene rings is 2. The first-order valence-corrected chi connectivity index (χ1v) is 6.92. The van der Waals surface area contributed by atoms with Gasteiger partial charge in [0.15, 0.2) is 0 Å². The van der Waals surface area contributed by atoms with E-state index in [9.17, 15) is 0 Å². The predicted octanol–water partition coefficient (Wildman–Crippen LogP) is 3.69. The lowest BCUT2D eigenvalue weighted by atomic mass is 10.1. The Morgan fingerprint density at radius 1 is 1.00 bits per heavy atom. The van der Waals surface area contributed by atoms with Crippen LogP contribution in [-0.4, -0.2) is 6.54 Å². The van der Waals surface area contributed by atoms with Crippen LogP contribution in [0.2, 0.25) is 0 Å². The average Bonchev–Trinajstić information content (AvgIpc) is 3.01. The third kappa shape index (κ3) is 3.15. The van der Waals surface area contributed by atoms with Crippen molar-refractivity contribution in [1.29, 1.82) is 0 Å². The van der Waals surface area contributed by atoms with Gasteiger partial charge in [0.05, 0.1) is 0 Å². The number of hydrogen-bond acceptors (Lipinski definition) is 2. The van der Waals surface area contributed by atoms with E-state index in [1.807, 2.05) is 18.2 Å². The van der Waals surface area contributed by atoms with E-state index in [0.29, 0.717) is 12.6 Å². The second-order valence-electron chi connectivity index (χ2n) is 4.99. The molecule has 2 aromatic rings. The zero-order chi connectivity index (χ0) is 12.9. The van der Waals surface area contributed by atoms with E-state index in [1.54, 1.807) is 0 Å². The van der Waals surface area contributed by atoms with Gasteiger partial charge in [0.25, 0.3) is 0 Å². The molecule has 0 aliphatic carbocycles. The van der Waals surface area contributed by atoms with E-state index < -0.39 is 0 Å². The summed E-state index contributed by atoms with van der Waals surface area (Å²) in [5.74, 6) is 0.936. The van der Waals surface area contributed by atoms with Crippen LogP contribution in [0.15, 0.2) is 54.6 Å². The molecular formula is C17H19NO. The Bertz CT molecular complexity index is 501. The normalized spacial score (nSPS) is 18.4. The second-order valence-corrected chi connectivity index (χ2v) is 4.99. The van der Waals surface area contributed by atoms with Crippen molar-refractivity contribution in [2.45, 2.75) is 25.5 Å². The summed E-state index contributed by atoms with van der Waals surface area (Å²) in [5.41, 5.74) is 2.56. The van der Waals surface area contributed by atoms with Gasteiger partial charge in [-0.2, -0.15) is 0 Å². The Morgan fingerprint density at radius 3 is 2.47 bits per heavy atom. The van der Waals surface area contributed by atoms with Crippen molar-refractivity contribution in [3.8, 4) is 5.75 Å². The third-order valence-electron chi connectivity index (χ3n) is 3.59. The van der Waals surface area contributed by atoms with Gasteiger partial charge in [-0.25, -0.2) is 0 Å². The minimum absolute atomic E-state index is 0.531. The molecule has 19 heavy (non-hydrogen) atoms. The van der Waals surface area contributed by atoms with Gasteiger partial charge in [0.2, 0.25) is 0 Å². The van der Waals surface area contributed by atoms with Crippen LogP contribution in [0.3, 0.4) is 0 Å². The highest BCUT2D eigenvalue weighted by molar-refractivity contribution is 5.30. The van der Waals surface area contributed by atoms with Crippen LogP contribution < -0.4 is 10.1 Å². The molecule has 0 amide bonds. The minimum atomic E-state index is 0.531. The number of nitrogens with one attached hydrogen (secondary N) is 1. The van der Waals surface area contributed by atoms with Crippen LogP contribution in [0.1, 0.15) is 30.0 Å². The molecule has 1 fully saturated rings. The van der Waals surface area contributed by atoms with Crippen LogP contribution in [-0.2, 0) is 6.61 Å². The third-order valence-corrected chi connectivity index (χ3v) is 3.59. The molecule has 1 aliphatic heterocycles. The van der Waals surface area contributed by atoms with Gasteiger partial charge in [-0.15, -0.1) is 0 Å². The number of hydrogen-bond donors (Lipinski definition) is 1. The topological polar surface area (TPSA) is 21.3 Å². The fourth-order valence-electron chi connectivity index (χ4n) is 2.51. The minimum Gasteiger partial charge on any atom is -0.489 e. The average molecular weight is 253 g/mol. The van der Waals surface area contributed by atoms with Gasteiger partial charge in [0.1, 0.15) is 12.4 Å². The molecule has 0 saturated carbocycles. The molecule has 2 nitrogen and oxygen atoms in total. The molecule has 1 heterocycles. The maximum absolute atomic E-state index is 5.79. The highest BCUT2D eigenvalue weighted by Gasteiger charge is 2.15. The summed E-state index contributed by atoms with van der Waals surface area (Å²) in [6, 6.07) is 19.3. The van der Waals surface area contributed by atoms with Gasteiger partial charge < -0.3 is 10.1 Å². The Balaban J connectivity index is 1.60. The quantitative estimate of drug-likeness (QED) is 0.897. The SMILES string of the molecule is c1ccc(COc2ccc([C@@H]3CCCN3)cc2)cc1. The lowest BCUT2D eigenvalue weighted by Crippen LogP contribution is -2.12.